The van der Waals surface area contributed by atoms with Crippen molar-refractivity contribution < 1.29 is 10.2 Å². The van der Waals surface area contributed by atoms with Gasteiger partial charge in [-0.3, -0.25) is 0 Å². The summed E-state index contributed by atoms with van der Waals surface area (Å²) >= 11 is 0. The van der Waals surface area contributed by atoms with Crippen molar-refractivity contribution in [1.29, 1.82) is 0 Å². The highest BCUT2D eigenvalue weighted by molar-refractivity contribution is 5.37. The molecule has 1 aliphatic rings. The van der Waals surface area contributed by atoms with E-state index >= 15 is 0 Å². The van der Waals surface area contributed by atoms with Crippen LogP contribution in [-0.2, 0) is 0 Å². The van der Waals surface area contributed by atoms with Gasteiger partial charge in [-0.2, -0.15) is 0 Å². The lowest BCUT2D eigenvalue weighted by Gasteiger charge is -2.20. The molecule has 1 aromatic rings. The molecule has 100 valence electrons. The number of aliphatic hydroxyl groups is 1. The molecule has 1 saturated carbocycles. The van der Waals surface area contributed by atoms with Gasteiger partial charge in [0.05, 0.1) is 0 Å². The second kappa shape index (κ2) is 5.29. The van der Waals surface area contributed by atoms with Crippen LogP contribution in [0.25, 0.3) is 0 Å². The fourth-order valence-electron chi connectivity index (χ4n) is 2.43. The lowest BCUT2D eigenvalue weighted by atomic mass is 10.0. The van der Waals surface area contributed by atoms with E-state index in [1.165, 1.54) is 12.8 Å². The van der Waals surface area contributed by atoms with Gasteiger partial charge in [0.15, 0.2) is 0 Å². The average Bonchev–Trinajstić information content (AvgIpc) is 3.07. The van der Waals surface area contributed by atoms with Gasteiger partial charge in [-0.25, -0.2) is 0 Å². The maximum absolute atomic E-state index is 9.93. The van der Waals surface area contributed by atoms with Gasteiger partial charge in [0.2, 0.25) is 0 Å². The van der Waals surface area contributed by atoms with E-state index in [4.69, 9.17) is 5.11 Å². The summed E-state index contributed by atoms with van der Waals surface area (Å²) in [4.78, 5) is 0. The van der Waals surface area contributed by atoms with Gasteiger partial charge < -0.3 is 15.5 Å². The Morgan fingerprint density at radius 3 is 2.67 bits per heavy atom. The molecule has 0 amide bonds. The summed E-state index contributed by atoms with van der Waals surface area (Å²) in [5.74, 6) is 0.363. The summed E-state index contributed by atoms with van der Waals surface area (Å²) in [6.07, 6.45) is 3.28. The van der Waals surface area contributed by atoms with Gasteiger partial charge >= 0.3 is 0 Å². The molecular weight excluding hydrogens is 226 g/mol. The first-order valence-electron chi connectivity index (χ1n) is 6.70. The first kappa shape index (κ1) is 13.4. The SMILES string of the molecule is Cc1ccc(C(C)NCC2(CCO)CC2)c(O)c1. The minimum atomic E-state index is 0.141. The number of phenols is 1. The van der Waals surface area contributed by atoms with E-state index in [1.807, 2.05) is 19.1 Å². The Morgan fingerprint density at radius 1 is 1.39 bits per heavy atom. The molecule has 18 heavy (non-hydrogen) atoms. The summed E-state index contributed by atoms with van der Waals surface area (Å²) in [5, 5.41) is 22.4. The molecule has 3 heteroatoms. The Hall–Kier alpha value is -1.06. The first-order valence-corrected chi connectivity index (χ1v) is 6.70. The Kier molecular flexibility index (Phi) is 3.93. The maximum atomic E-state index is 9.93. The van der Waals surface area contributed by atoms with Crippen molar-refractivity contribution in [2.75, 3.05) is 13.2 Å². The Morgan fingerprint density at radius 2 is 2.11 bits per heavy atom. The van der Waals surface area contributed by atoms with Crippen LogP contribution in [0.2, 0.25) is 0 Å². The van der Waals surface area contributed by atoms with Crippen molar-refractivity contribution in [3.8, 4) is 5.75 Å². The standard InChI is InChI=1S/C15H23NO2/c1-11-3-4-13(14(18)9-11)12(2)16-10-15(5-6-15)7-8-17/h3-4,9,12,16-18H,5-8,10H2,1-2H3. The highest BCUT2D eigenvalue weighted by Gasteiger charge is 2.41. The molecule has 1 aliphatic carbocycles. The van der Waals surface area contributed by atoms with Gasteiger partial charge in [0.1, 0.15) is 5.75 Å². The Balaban J connectivity index is 1.93. The lowest BCUT2D eigenvalue weighted by Crippen LogP contribution is -2.27. The quantitative estimate of drug-likeness (QED) is 0.726. The molecule has 0 bridgehead atoms. The zero-order valence-electron chi connectivity index (χ0n) is 11.2. The summed E-state index contributed by atoms with van der Waals surface area (Å²) in [7, 11) is 0. The van der Waals surface area contributed by atoms with Crippen molar-refractivity contribution in [2.45, 2.75) is 39.2 Å². The fourth-order valence-corrected chi connectivity index (χ4v) is 2.43. The van der Waals surface area contributed by atoms with Crippen molar-refractivity contribution in [3.05, 3.63) is 29.3 Å². The number of aromatic hydroxyl groups is 1. The molecule has 3 N–H and O–H groups in total. The largest absolute Gasteiger partial charge is 0.508 e. The molecule has 0 aromatic heterocycles. The van der Waals surface area contributed by atoms with Crippen LogP contribution in [0.3, 0.4) is 0 Å². The van der Waals surface area contributed by atoms with E-state index in [-0.39, 0.29) is 12.6 Å². The van der Waals surface area contributed by atoms with Crippen LogP contribution in [0.4, 0.5) is 0 Å². The van der Waals surface area contributed by atoms with E-state index in [2.05, 4.69) is 12.2 Å². The van der Waals surface area contributed by atoms with Gasteiger partial charge in [-0.1, -0.05) is 12.1 Å². The molecule has 0 radical (unpaired) electrons. The monoisotopic (exact) mass is 249 g/mol. The van der Waals surface area contributed by atoms with Crippen LogP contribution in [0.5, 0.6) is 5.75 Å². The molecule has 1 unspecified atom stereocenters. The molecule has 2 rings (SSSR count). The molecule has 1 aromatic carbocycles. The van der Waals surface area contributed by atoms with Crippen LogP contribution in [0, 0.1) is 12.3 Å². The zero-order valence-corrected chi connectivity index (χ0v) is 11.2. The van der Waals surface area contributed by atoms with Crippen LogP contribution < -0.4 is 5.32 Å². The second-order valence-electron chi connectivity index (χ2n) is 5.64. The first-order chi connectivity index (χ1) is 8.56. The smallest absolute Gasteiger partial charge is 0.120 e. The van der Waals surface area contributed by atoms with E-state index in [9.17, 15) is 5.11 Å². The lowest BCUT2D eigenvalue weighted by molar-refractivity contribution is 0.242. The Labute approximate surface area is 109 Å². The predicted octanol–water partition coefficient (Wildman–Crippen LogP) is 2.51. The van der Waals surface area contributed by atoms with Crippen LogP contribution in [0.1, 0.15) is 43.4 Å². The third kappa shape index (κ3) is 3.03. The van der Waals surface area contributed by atoms with Crippen molar-refractivity contribution in [3.63, 3.8) is 0 Å². The fraction of sp³-hybridized carbons (Fsp3) is 0.600. The number of hydrogen-bond donors (Lipinski definition) is 3. The topological polar surface area (TPSA) is 52.5 Å². The zero-order chi connectivity index (χ0) is 13.2. The number of phenolic OH excluding ortho intramolecular Hbond substituents is 1. The van der Waals surface area contributed by atoms with Gasteiger partial charge in [-0.05, 0) is 50.2 Å². The molecule has 1 atom stereocenters. The minimum absolute atomic E-state index is 0.141. The minimum Gasteiger partial charge on any atom is -0.508 e. The van der Waals surface area contributed by atoms with Crippen LogP contribution in [0.15, 0.2) is 18.2 Å². The summed E-state index contributed by atoms with van der Waals surface area (Å²) in [6.45, 7) is 5.23. The molecule has 0 heterocycles. The molecular formula is C15H23NO2. The molecule has 0 saturated heterocycles. The Bertz CT molecular complexity index is 413. The van der Waals surface area contributed by atoms with Gasteiger partial charge in [0, 0.05) is 24.8 Å². The summed E-state index contributed by atoms with van der Waals surface area (Å²) in [6, 6.07) is 5.94. The summed E-state index contributed by atoms with van der Waals surface area (Å²) in [5.41, 5.74) is 2.33. The molecule has 0 aliphatic heterocycles. The highest BCUT2D eigenvalue weighted by atomic mass is 16.3. The summed E-state index contributed by atoms with van der Waals surface area (Å²) < 4.78 is 0. The molecule has 1 fully saturated rings. The number of nitrogens with one attached hydrogen (secondary N) is 1. The van der Waals surface area contributed by atoms with Crippen LogP contribution in [-0.4, -0.2) is 23.4 Å². The number of aliphatic hydroxyl groups excluding tert-OH is 1. The molecule has 0 spiro atoms. The van der Waals surface area contributed by atoms with Gasteiger partial charge in [-0.15, -0.1) is 0 Å². The second-order valence-corrected chi connectivity index (χ2v) is 5.64. The van der Waals surface area contributed by atoms with E-state index < -0.39 is 0 Å². The number of rotatable bonds is 6. The average molecular weight is 249 g/mol. The van der Waals surface area contributed by atoms with E-state index in [0.29, 0.717) is 11.2 Å². The highest BCUT2D eigenvalue weighted by Crippen LogP contribution is 2.48. The van der Waals surface area contributed by atoms with Crippen molar-refractivity contribution in [2.24, 2.45) is 5.41 Å². The normalized spacial score (nSPS) is 18.6. The number of benzene rings is 1. The maximum Gasteiger partial charge on any atom is 0.120 e. The van der Waals surface area contributed by atoms with Crippen molar-refractivity contribution in [1.82, 2.24) is 5.32 Å². The van der Waals surface area contributed by atoms with Gasteiger partial charge in [0.25, 0.3) is 0 Å². The molecule has 3 nitrogen and oxygen atoms in total. The van der Waals surface area contributed by atoms with E-state index in [1.54, 1.807) is 6.07 Å². The predicted molar refractivity (Wildman–Crippen MR) is 72.6 cm³/mol. The van der Waals surface area contributed by atoms with E-state index in [0.717, 1.165) is 24.1 Å². The third-order valence-corrected chi connectivity index (χ3v) is 4.03. The number of hydrogen-bond acceptors (Lipinski definition) is 3. The number of aryl methyl sites for hydroxylation is 1. The third-order valence-electron chi connectivity index (χ3n) is 4.03. The van der Waals surface area contributed by atoms with Crippen LogP contribution >= 0.6 is 0 Å². The van der Waals surface area contributed by atoms with Crippen molar-refractivity contribution >= 4 is 0 Å².